The lowest BCUT2D eigenvalue weighted by Crippen LogP contribution is -2.61. The SMILES string of the molecule is CC(=O)NCC1(N2CCN(Cc3cc(F)cc(F)c3)CC2)CCOC1. The summed E-state index contributed by atoms with van der Waals surface area (Å²) in [6, 6.07) is 3.67. The van der Waals surface area contributed by atoms with Crippen LogP contribution in [0.2, 0.25) is 0 Å². The maximum atomic E-state index is 13.3. The molecule has 138 valence electrons. The maximum Gasteiger partial charge on any atom is 0.216 e. The highest BCUT2D eigenvalue weighted by Crippen LogP contribution is 2.27. The average molecular weight is 353 g/mol. The molecule has 0 bridgehead atoms. The van der Waals surface area contributed by atoms with Gasteiger partial charge in [-0.25, -0.2) is 8.78 Å². The number of benzene rings is 1. The number of rotatable bonds is 5. The zero-order valence-electron chi connectivity index (χ0n) is 14.6. The van der Waals surface area contributed by atoms with Crippen LogP contribution in [0.1, 0.15) is 18.9 Å². The van der Waals surface area contributed by atoms with Gasteiger partial charge in [-0.3, -0.25) is 14.6 Å². The van der Waals surface area contributed by atoms with Crippen molar-refractivity contribution in [2.45, 2.75) is 25.4 Å². The molecule has 5 nitrogen and oxygen atoms in total. The van der Waals surface area contributed by atoms with Crippen molar-refractivity contribution >= 4 is 5.91 Å². The summed E-state index contributed by atoms with van der Waals surface area (Å²) >= 11 is 0. The van der Waals surface area contributed by atoms with Crippen molar-refractivity contribution in [1.29, 1.82) is 0 Å². The lowest BCUT2D eigenvalue weighted by molar-refractivity contribution is -0.119. The van der Waals surface area contributed by atoms with Gasteiger partial charge in [0.25, 0.3) is 0 Å². The molecule has 2 fully saturated rings. The minimum Gasteiger partial charge on any atom is -0.379 e. The van der Waals surface area contributed by atoms with Crippen molar-refractivity contribution in [2.24, 2.45) is 0 Å². The first-order valence-electron chi connectivity index (χ1n) is 8.71. The zero-order valence-corrected chi connectivity index (χ0v) is 14.6. The Labute approximate surface area is 146 Å². The molecular weight excluding hydrogens is 328 g/mol. The predicted molar refractivity (Wildman–Crippen MR) is 90.1 cm³/mol. The maximum absolute atomic E-state index is 13.3. The monoisotopic (exact) mass is 353 g/mol. The molecule has 1 N–H and O–H groups in total. The van der Waals surface area contributed by atoms with E-state index in [9.17, 15) is 13.6 Å². The smallest absolute Gasteiger partial charge is 0.216 e. The number of nitrogens with zero attached hydrogens (tertiary/aromatic N) is 2. The number of amides is 1. The van der Waals surface area contributed by atoms with Gasteiger partial charge in [0.05, 0.1) is 12.1 Å². The van der Waals surface area contributed by atoms with Gasteiger partial charge in [0.1, 0.15) is 11.6 Å². The van der Waals surface area contributed by atoms with E-state index in [1.54, 1.807) is 0 Å². The summed E-state index contributed by atoms with van der Waals surface area (Å²) in [4.78, 5) is 15.9. The van der Waals surface area contributed by atoms with Gasteiger partial charge < -0.3 is 10.1 Å². The van der Waals surface area contributed by atoms with E-state index in [1.165, 1.54) is 19.1 Å². The summed E-state index contributed by atoms with van der Waals surface area (Å²) in [6.07, 6.45) is 0.905. The van der Waals surface area contributed by atoms with Crippen LogP contribution in [0.3, 0.4) is 0 Å². The van der Waals surface area contributed by atoms with Crippen LogP contribution in [0.4, 0.5) is 8.78 Å². The lowest BCUT2D eigenvalue weighted by atomic mass is 9.94. The van der Waals surface area contributed by atoms with Gasteiger partial charge in [0.15, 0.2) is 0 Å². The molecule has 7 heteroatoms. The van der Waals surface area contributed by atoms with Crippen LogP contribution in [0.5, 0.6) is 0 Å². The Morgan fingerprint density at radius 2 is 1.88 bits per heavy atom. The topological polar surface area (TPSA) is 44.8 Å². The molecular formula is C18H25F2N3O2. The minimum atomic E-state index is -0.536. The van der Waals surface area contributed by atoms with Gasteiger partial charge in [0, 0.05) is 58.9 Å². The van der Waals surface area contributed by atoms with Crippen LogP contribution in [-0.2, 0) is 16.1 Å². The van der Waals surface area contributed by atoms with Crippen LogP contribution in [0, 0.1) is 11.6 Å². The Morgan fingerprint density at radius 3 is 2.44 bits per heavy atom. The second kappa shape index (κ2) is 7.76. The summed E-state index contributed by atoms with van der Waals surface area (Å²) in [5.41, 5.74) is 0.519. The summed E-state index contributed by atoms with van der Waals surface area (Å²) in [7, 11) is 0. The van der Waals surface area contributed by atoms with Crippen LogP contribution in [0.25, 0.3) is 0 Å². The number of piperazine rings is 1. The molecule has 1 aromatic carbocycles. The first kappa shape index (κ1) is 18.2. The second-order valence-corrected chi connectivity index (χ2v) is 6.98. The highest BCUT2D eigenvalue weighted by Gasteiger charge is 2.41. The molecule has 1 amide bonds. The number of ether oxygens (including phenoxy) is 1. The molecule has 25 heavy (non-hydrogen) atoms. The summed E-state index contributed by atoms with van der Waals surface area (Å²) in [6.45, 7) is 7.33. The number of carbonyl (C=O) groups is 1. The number of carbonyl (C=O) groups excluding carboxylic acids is 1. The van der Waals surface area contributed by atoms with E-state index in [-0.39, 0.29) is 11.4 Å². The number of hydrogen-bond donors (Lipinski definition) is 1. The van der Waals surface area contributed by atoms with E-state index in [2.05, 4.69) is 15.1 Å². The lowest BCUT2D eigenvalue weighted by Gasteiger charge is -2.45. The minimum absolute atomic E-state index is 0.0296. The molecule has 0 radical (unpaired) electrons. The van der Waals surface area contributed by atoms with E-state index in [4.69, 9.17) is 4.74 Å². The van der Waals surface area contributed by atoms with Gasteiger partial charge in [-0.05, 0) is 24.1 Å². The van der Waals surface area contributed by atoms with Gasteiger partial charge in [-0.2, -0.15) is 0 Å². The van der Waals surface area contributed by atoms with E-state index < -0.39 is 11.6 Å². The van der Waals surface area contributed by atoms with Gasteiger partial charge >= 0.3 is 0 Å². The van der Waals surface area contributed by atoms with Gasteiger partial charge in [-0.1, -0.05) is 0 Å². The van der Waals surface area contributed by atoms with Gasteiger partial charge in [0.2, 0.25) is 5.91 Å². The molecule has 0 saturated carbocycles. The number of halogens is 2. The predicted octanol–water partition coefficient (Wildman–Crippen LogP) is 1.38. The molecule has 0 spiro atoms. The van der Waals surface area contributed by atoms with Gasteiger partial charge in [-0.15, -0.1) is 0 Å². The third kappa shape index (κ3) is 4.54. The highest BCUT2D eigenvalue weighted by atomic mass is 19.1. The molecule has 2 saturated heterocycles. The van der Waals surface area contributed by atoms with Crippen LogP contribution < -0.4 is 5.32 Å². The fourth-order valence-electron chi connectivity index (χ4n) is 3.73. The second-order valence-electron chi connectivity index (χ2n) is 6.98. The third-order valence-corrected chi connectivity index (χ3v) is 5.12. The van der Waals surface area contributed by atoms with Crippen LogP contribution in [0.15, 0.2) is 18.2 Å². The molecule has 2 aliphatic heterocycles. The molecule has 1 unspecified atom stereocenters. The normalized spacial score (nSPS) is 25.2. The number of nitrogens with one attached hydrogen (secondary N) is 1. The fraction of sp³-hybridized carbons (Fsp3) is 0.611. The fourth-order valence-corrected chi connectivity index (χ4v) is 3.73. The van der Waals surface area contributed by atoms with Crippen molar-refractivity contribution in [3.05, 3.63) is 35.4 Å². The standard InChI is InChI=1S/C18H25F2N3O2/c1-14(24)21-12-18(2-7-25-13-18)23-5-3-22(4-6-23)11-15-8-16(19)10-17(20)9-15/h8-10H,2-7,11-13H2,1H3,(H,21,24). The summed E-state index contributed by atoms with van der Waals surface area (Å²) in [5.74, 6) is -1.10. The van der Waals surface area contributed by atoms with E-state index in [0.717, 1.165) is 38.7 Å². The largest absolute Gasteiger partial charge is 0.379 e. The number of hydrogen-bond acceptors (Lipinski definition) is 4. The molecule has 0 aromatic heterocycles. The molecule has 2 heterocycles. The third-order valence-electron chi connectivity index (χ3n) is 5.12. The van der Waals surface area contributed by atoms with Crippen LogP contribution in [-0.4, -0.2) is 67.2 Å². The van der Waals surface area contributed by atoms with Crippen molar-refractivity contribution in [3.63, 3.8) is 0 Å². The molecule has 1 aromatic rings. The van der Waals surface area contributed by atoms with E-state index in [1.807, 2.05) is 0 Å². The Bertz CT molecular complexity index is 592. The Kier molecular flexibility index (Phi) is 5.66. The molecule has 1 atom stereocenters. The summed E-state index contributed by atoms with van der Waals surface area (Å²) < 4.78 is 32.3. The van der Waals surface area contributed by atoms with E-state index >= 15 is 0 Å². The Hall–Kier alpha value is -1.57. The molecule has 2 aliphatic rings. The van der Waals surface area contributed by atoms with Crippen LogP contribution >= 0.6 is 0 Å². The van der Waals surface area contributed by atoms with Crippen molar-refractivity contribution in [1.82, 2.24) is 15.1 Å². The van der Waals surface area contributed by atoms with Crippen molar-refractivity contribution in [3.8, 4) is 0 Å². The Morgan fingerprint density at radius 1 is 1.20 bits per heavy atom. The summed E-state index contributed by atoms with van der Waals surface area (Å²) in [5, 5.41) is 2.93. The van der Waals surface area contributed by atoms with Crippen molar-refractivity contribution < 1.29 is 18.3 Å². The molecule has 0 aliphatic carbocycles. The average Bonchev–Trinajstić information content (AvgIpc) is 3.03. The highest BCUT2D eigenvalue weighted by molar-refractivity contribution is 5.72. The Balaban J connectivity index is 1.57. The molecule has 3 rings (SSSR count). The van der Waals surface area contributed by atoms with Crippen molar-refractivity contribution in [2.75, 3.05) is 45.9 Å². The first-order chi connectivity index (χ1) is 12.0. The van der Waals surface area contributed by atoms with E-state index in [0.29, 0.717) is 31.9 Å². The zero-order chi connectivity index (χ0) is 17.9. The first-order valence-corrected chi connectivity index (χ1v) is 8.71. The quantitative estimate of drug-likeness (QED) is 0.869.